The Morgan fingerprint density at radius 1 is 1.10 bits per heavy atom. The lowest BCUT2D eigenvalue weighted by Gasteiger charge is -2.21. The van der Waals surface area contributed by atoms with Gasteiger partial charge in [-0.25, -0.2) is 0 Å². The van der Waals surface area contributed by atoms with Crippen LogP contribution < -0.4 is 5.32 Å². The van der Waals surface area contributed by atoms with E-state index in [9.17, 15) is 5.11 Å². The lowest BCUT2D eigenvalue weighted by Crippen LogP contribution is -2.23. The first kappa shape index (κ1) is 14.2. The first-order chi connectivity index (χ1) is 10.1. The van der Waals surface area contributed by atoms with E-state index in [2.05, 4.69) is 50.4 Å². The normalized spacial score (nSPS) is 22.0. The zero-order chi connectivity index (χ0) is 15.0. The molecule has 3 rings (SSSR count). The zero-order valence-electron chi connectivity index (χ0n) is 12.9. The van der Waals surface area contributed by atoms with Gasteiger partial charge in [-0.1, -0.05) is 43.3 Å². The van der Waals surface area contributed by atoms with E-state index in [0.29, 0.717) is 11.7 Å². The standard InChI is InChI=1S/C19H23NO/c1-12-9-10-17(21)19-16(11-13(2)18(12)19)20-14(3)15-7-5-4-6-8-15/h4-10,13-14,16,20-21H,11H2,1-3H3. The number of fused-ring (bicyclic) bond motifs is 1. The predicted molar refractivity (Wildman–Crippen MR) is 86.6 cm³/mol. The van der Waals surface area contributed by atoms with E-state index in [1.54, 1.807) is 0 Å². The number of hydrogen-bond acceptors (Lipinski definition) is 2. The molecule has 2 aromatic carbocycles. The molecule has 0 aromatic heterocycles. The van der Waals surface area contributed by atoms with Crippen LogP contribution in [0.4, 0.5) is 0 Å². The maximum atomic E-state index is 10.3. The van der Waals surface area contributed by atoms with Crippen molar-refractivity contribution in [2.45, 2.75) is 45.2 Å². The van der Waals surface area contributed by atoms with Gasteiger partial charge in [0, 0.05) is 17.6 Å². The van der Waals surface area contributed by atoms with Gasteiger partial charge in [0.2, 0.25) is 0 Å². The number of benzene rings is 2. The molecule has 2 heteroatoms. The summed E-state index contributed by atoms with van der Waals surface area (Å²) >= 11 is 0. The first-order valence-corrected chi connectivity index (χ1v) is 7.71. The summed E-state index contributed by atoms with van der Waals surface area (Å²) in [6, 6.07) is 14.8. The Balaban J connectivity index is 1.88. The molecule has 0 aliphatic heterocycles. The van der Waals surface area contributed by atoms with Crippen molar-refractivity contribution < 1.29 is 5.11 Å². The average molecular weight is 281 g/mol. The van der Waals surface area contributed by atoms with Crippen LogP contribution in [0, 0.1) is 6.92 Å². The van der Waals surface area contributed by atoms with Gasteiger partial charge in [-0.15, -0.1) is 0 Å². The van der Waals surface area contributed by atoms with Gasteiger partial charge in [-0.05, 0) is 48.9 Å². The highest BCUT2D eigenvalue weighted by Crippen LogP contribution is 2.46. The quantitative estimate of drug-likeness (QED) is 0.861. The topological polar surface area (TPSA) is 32.3 Å². The molecule has 0 fully saturated rings. The molecular weight excluding hydrogens is 258 g/mol. The molecule has 3 atom stereocenters. The summed E-state index contributed by atoms with van der Waals surface area (Å²) in [6.07, 6.45) is 1.05. The zero-order valence-corrected chi connectivity index (χ0v) is 12.9. The van der Waals surface area contributed by atoms with Crippen LogP contribution in [-0.2, 0) is 0 Å². The van der Waals surface area contributed by atoms with Crippen molar-refractivity contribution in [2.24, 2.45) is 0 Å². The molecule has 1 aliphatic rings. The summed E-state index contributed by atoms with van der Waals surface area (Å²) in [5.41, 5.74) is 5.00. The molecule has 110 valence electrons. The molecule has 2 nitrogen and oxygen atoms in total. The van der Waals surface area contributed by atoms with E-state index in [-0.39, 0.29) is 12.1 Å². The van der Waals surface area contributed by atoms with Crippen molar-refractivity contribution in [3.63, 3.8) is 0 Å². The van der Waals surface area contributed by atoms with Crippen LogP contribution in [0.5, 0.6) is 5.75 Å². The van der Waals surface area contributed by atoms with Crippen LogP contribution >= 0.6 is 0 Å². The fraction of sp³-hybridized carbons (Fsp3) is 0.368. The summed E-state index contributed by atoms with van der Waals surface area (Å²) in [7, 11) is 0. The number of nitrogens with one attached hydrogen (secondary N) is 1. The number of phenolic OH excluding ortho intramolecular Hbond substituents is 1. The molecule has 0 heterocycles. The molecule has 0 bridgehead atoms. The molecule has 0 amide bonds. The van der Waals surface area contributed by atoms with Crippen LogP contribution in [0.25, 0.3) is 0 Å². The van der Waals surface area contributed by atoms with Gasteiger partial charge in [-0.2, -0.15) is 0 Å². The summed E-state index contributed by atoms with van der Waals surface area (Å²) in [4.78, 5) is 0. The minimum Gasteiger partial charge on any atom is -0.508 e. The van der Waals surface area contributed by atoms with E-state index in [1.165, 1.54) is 16.7 Å². The maximum absolute atomic E-state index is 10.3. The summed E-state index contributed by atoms with van der Waals surface area (Å²) < 4.78 is 0. The third-order valence-electron chi connectivity index (χ3n) is 4.66. The molecule has 0 saturated heterocycles. The van der Waals surface area contributed by atoms with Gasteiger partial charge in [0.25, 0.3) is 0 Å². The molecule has 2 aromatic rings. The third kappa shape index (κ3) is 2.56. The van der Waals surface area contributed by atoms with Gasteiger partial charge >= 0.3 is 0 Å². The van der Waals surface area contributed by atoms with Gasteiger partial charge in [0.1, 0.15) is 5.75 Å². The first-order valence-electron chi connectivity index (χ1n) is 7.71. The second kappa shape index (κ2) is 5.53. The number of aryl methyl sites for hydroxylation is 1. The van der Waals surface area contributed by atoms with Crippen LogP contribution in [-0.4, -0.2) is 5.11 Å². The van der Waals surface area contributed by atoms with E-state index in [0.717, 1.165) is 12.0 Å². The van der Waals surface area contributed by atoms with E-state index in [4.69, 9.17) is 0 Å². The molecule has 0 spiro atoms. The lowest BCUT2D eigenvalue weighted by atomic mass is 9.97. The highest BCUT2D eigenvalue weighted by atomic mass is 16.3. The van der Waals surface area contributed by atoms with Crippen LogP contribution in [0.2, 0.25) is 0 Å². The Bertz CT molecular complexity index is 636. The Kier molecular flexibility index (Phi) is 3.73. The fourth-order valence-electron chi connectivity index (χ4n) is 3.63. The van der Waals surface area contributed by atoms with Crippen LogP contribution in [0.1, 0.15) is 60.5 Å². The largest absolute Gasteiger partial charge is 0.508 e. The molecule has 0 saturated carbocycles. The summed E-state index contributed by atoms with van der Waals surface area (Å²) in [5.74, 6) is 0.922. The van der Waals surface area contributed by atoms with Gasteiger partial charge in [0.05, 0.1) is 0 Å². The fourth-order valence-corrected chi connectivity index (χ4v) is 3.63. The molecular formula is C19H23NO. The monoisotopic (exact) mass is 281 g/mol. The molecule has 2 N–H and O–H groups in total. The molecule has 3 unspecified atom stereocenters. The number of aromatic hydroxyl groups is 1. The average Bonchev–Trinajstić information content (AvgIpc) is 2.81. The highest BCUT2D eigenvalue weighted by molar-refractivity contribution is 5.51. The number of rotatable bonds is 3. The van der Waals surface area contributed by atoms with Gasteiger partial charge < -0.3 is 10.4 Å². The Morgan fingerprint density at radius 2 is 1.81 bits per heavy atom. The van der Waals surface area contributed by atoms with Crippen molar-refractivity contribution in [1.29, 1.82) is 0 Å². The Morgan fingerprint density at radius 3 is 2.52 bits per heavy atom. The van der Waals surface area contributed by atoms with Crippen LogP contribution in [0.15, 0.2) is 42.5 Å². The summed E-state index contributed by atoms with van der Waals surface area (Å²) in [5, 5.41) is 14.0. The van der Waals surface area contributed by atoms with Crippen molar-refractivity contribution in [3.8, 4) is 5.75 Å². The van der Waals surface area contributed by atoms with Gasteiger partial charge in [0.15, 0.2) is 0 Å². The predicted octanol–water partition coefficient (Wildman–Crippen LogP) is 4.60. The van der Waals surface area contributed by atoms with Gasteiger partial charge in [-0.3, -0.25) is 0 Å². The van der Waals surface area contributed by atoms with Crippen LogP contribution in [0.3, 0.4) is 0 Å². The second-order valence-electron chi connectivity index (χ2n) is 6.22. The SMILES string of the molecule is Cc1ccc(O)c2c1C(C)CC2NC(C)c1ccccc1. The summed E-state index contributed by atoms with van der Waals surface area (Å²) in [6.45, 7) is 6.57. The lowest BCUT2D eigenvalue weighted by molar-refractivity contribution is 0.422. The van der Waals surface area contributed by atoms with E-state index in [1.807, 2.05) is 18.2 Å². The van der Waals surface area contributed by atoms with Crippen molar-refractivity contribution in [3.05, 3.63) is 64.7 Å². The van der Waals surface area contributed by atoms with Crippen molar-refractivity contribution >= 4 is 0 Å². The van der Waals surface area contributed by atoms with Crippen molar-refractivity contribution in [1.82, 2.24) is 5.32 Å². The number of phenols is 1. The smallest absolute Gasteiger partial charge is 0.120 e. The van der Waals surface area contributed by atoms with E-state index < -0.39 is 0 Å². The minimum absolute atomic E-state index is 0.227. The molecule has 1 aliphatic carbocycles. The Labute approximate surface area is 126 Å². The minimum atomic E-state index is 0.227. The maximum Gasteiger partial charge on any atom is 0.120 e. The Hall–Kier alpha value is -1.80. The third-order valence-corrected chi connectivity index (χ3v) is 4.66. The number of hydrogen-bond donors (Lipinski definition) is 2. The van der Waals surface area contributed by atoms with Crippen molar-refractivity contribution in [2.75, 3.05) is 0 Å². The molecule has 21 heavy (non-hydrogen) atoms. The van der Waals surface area contributed by atoms with E-state index >= 15 is 0 Å². The highest BCUT2D eigenvalue weighted by Gasteiger charge is 2.32. The second-order valence-corrected chi connectivity index (χ2v) is 6.22. The molecule has 0 radical (unpaired) electrons.